The molecule has 0 saturated carbocycles. The van der Waals surface area contributed by atoms with E-state index >= 15 is 0 Å². The summed E-state index contributed by atoms with van der Waals surface area (Å²) in [5, 5.41) is 2.99. The minimum Gasteiger partial charge on any atom is -0.315 e. The molecule has 1 unspecified atom stereocenters. The largest absolute Gasteiger partial charge is 0.315 e. The lowest BCUT2D eigenvalue weighted by Gasteiger charge is -2.29. The van der Waals surface area contributed by atoms with Gasteiger partial charge in [-0.05, 0) is 31.6 Å². The second kappa shape index (κ2) is 5.71. The van der Waals surface area contributed by atoms with Gasteiger partial charge < -0.3 is 5.32 Å². The van der Waals surface area contributed by atoms with E-state index in [1.54, 1.807) is 4.31 Å². The Morgan fingerprint density at radius 3 is 2.81 bits per heavy atom. The van der Waals surface area contributed by atoms with E-state index in [1.165, 1.54) is 0 Å². The van der Waals surface area contributed by atoms with Gasteiger partial charge in [0.2, 0.25) is 10.0 Å². The summed E-state index contributed by atoms with van der Waals surface area (Å²) >= 11 is 1.86. The molecule has 2 aliphatic heterocycles. The maximum absolute atomic E-state index is 12.4. The third kappa shape index (κ3) is 2.91. The third-order valence-electron chi connectivity index (χ3n) is 3.21. The molecule has 2 heterocycles. The van der Waals surface area contributed by atoms with Crippen molar-refractivity contribution in [2.24, 2.45) is 0 Å². The molecular formula is C10H20N2O2S2. The standard InChI is InChI=1S/C10H20N2O2S2/c13-16(14,10-3-1-4-11-9-10)12-5-2-7-15-8-6-12/h10-11H,1-9H2. The van der Waals surface area contributed by atoms with Gasteiger partial charge >= 0.3 is 0 Å². The molecule has 0 aromatic heterocycles. The van der Waals surface area contributed by atoms with Crippen molar-refractivity contribution in [3.05, 3.63) is 0 Å². The van der Waals surface area contributed by atoms with Gasteiger partial charge in [0.1, 0.15) is 0 Å². The Kier molecular flexibility index (Phi) is 4.52. The van der Waals surface area contributed by atoms with E-state index in [0.29, 0.717) is 19.6 Å². The number of hydrogen-bond acceptors (Lipinski definition) is 4. The van der Waals surface area contributed by atoms with E-state index < -0.39 is 10.0 Å². The Balaban J connectivity index is 2.03. The summed E-state index contributed by atoms with van der Waals surface area (Å²) in [6.45, 7) is 3.00. The first-order chi connectivity index (χ1) is 7.71. The highest BCUT2D eigenvalue weighted by molar-refractivity contribution is 7.99. The molecule has 2 rings (SSSR count). The molecule has 0 spiro atoms. The molecule has 0 bridgehead atoms. The van der Waals surface area contributed by atoms with Crippen molar-refractivity contribution in [3.63, 3.8) is 0 Å². The fourth-order valence-electron chi connectivity index (χ4n) is 2.26. The highest BCUT2D eigenvalue weighted by atomic mass is 32.2. The molecule has 0 amide bonds. The molecular weight excluding hydrogens is 244 g/mol. The first-order valence-corrected chi connectivity index (χ1v) is 8.64. The predicted molar refractivity (Wildman–Crippen MR) is 68.3 cm³/mol. The van der Waals surface area contributed by atoms with Gasteiger partial charge in [-0.2, -0.15) is 11.8 Å². The van der Waals surface area contributed by atoms with Gasteiger partial charge in [-0.25, -0.2) is 12.7 Å². The first-order valence-electron chi connectivity index (χ1n) is 5.99. The number of rotatable bonds is 2. The van der Waals surface area contributed by atoms with Gasteiger partial charge in [-0.1, -0.05) is 0 Å². The van der Waals surface area contributed by atoms with Gasteiger partial charge in [0.05, 0.1) is 5.25 Å². The second-order valence-corrected chi connectivity index (χ2v) is 7.82. The van der Waals surface area contributed by atoms with Crippen molar-refractivity contribution < 1.29 is 8.42 Å². The summed E-state index contributed by atoms with van der Waals surface area (Å²) in [5.41, 5.74) is 0. The Morgan fingerprint density at radius 1 is 1.19 bits per heavy atom. The first kappa shape index (κ1) is 12.7. The average molecular weight is 264 g/mol. The smallest absolute Gasteiger partial charge is 0.218 e. The molecule has 0 radical (unpaired) electrons. The van der Waals surface area contributed by atoms with Gasteiger partial charge in [0, 0.05) is 25.4 Å². The van der Waals surface area contributed by atoms with Gasteiger partial charge in [0.15, 0.2) is 0 Å². The minimum absolute atomic E-state index is 0.190. The van der Waals surface area contributed by atoms with Crippen LogP contribution in [0.1, 0.15) is 19.3 Å². The van der Waals surface area contributed by atoms with E-state index in [9.17, 15) is 8.42 Å². The van der Waals surface area contributed by atoms with Crippen LogP contribution in [0.4, 0.5) is 0 Å². The van der Waals surface area contributed by atoms with Crippen LogP contribution >= 0.6 is 11.8 Å². The molecule has 1 N–H and O–H groups in total. The van der Waals surface area contributed by atoms with Crippen LogP contribution in [0.25, 0.3) is 0 Å². The number of sulfonamides is 1. The van der Waals surface area contributed by atoms with Crippen LogP contribution in [0, 0.1) is 0 Å². The number of nitrogens with one attached hydrogen (secondary N) is 1. The van der Waals surface area contributed by atoms with Crippen LogP contribution in [0.3, 0.4) is 0 Å². The van der Waals surface area contributed by atoms with Crippen LogP contribution < -0.4 is 5.32 Å². The molecule has 0 aliphatic carbocycles. The van der Waals surface area contributed by atoms with Crippen molar-refractivity contribution in [3.8, 4) is 0 Å². The average Bonchev–Trinajstić information content (AvgIpc) is 2.59. The lowest BCUT2D eigenvalue weighted by Crippen LogP contribution is -2.46. The summed E-state index contributed by atoms with van der Waals surface area (Å²) in [6, 6.07) is 0. The van der Waals surface area contributed by atoms with E-state index in [4.69, 9.17) is 0 Å². The zero-order chi connectivity index (χ0) is 11.4. The maximum atomic E-state index is 12.4. The van der Waals surface area contributed by atoms with Crippen molar-refractivity contribution in [2.45, 2.75) is 24.5 Å². The summed E-state index contributed by atoms with van der Waals surface area (Å²) in [5.74, 6) is 2.04. The lowest BCUT2D eigenvalue weighted by atomic mass is 10.2. The van der Waals surface area contributed by atoms with Gasteiger partial charge in [-0.15, -0.1) is 0 Å². The van der Waals surface area contributed by atoms with Crippen LogP contribution in [-0.4, -0.2) is 55.7 Å². The van der Waals surface area contributed by atoms with Crippen molar-refractivity contribution in [1.82, 2.24) is 9.62 Å². The number of piperidine rings is 1. The molecule has 2 saturated heterocycles. The molecule has 0 aromatic carbocycles. The van der Waals surface area contributed by atoms with Crippen LogP contribution in [0.15, 0.2) is 0 Å². The Labute approximate surface area is 102 Å². The summed E-state index contributed by atoms with van der Waals surface area (Å²) in [6.07, 6.45) is 2.79. The van der Waals surface area contributed by atoms with E-state index in [-0.39, 0.29) is 5.25 Å². The monoisotopic (exact) mass is 264 g/mol. The summed E-state index contributed by atoms with van der Waals surface area (Å²) in [7, 11) is -3.05. The van der Waals surface area contributed by atoms with Crippen LogP contribution in [0.5, 0.6) is 0 Å². The molecule has 16 heavy (non-hydrogen) atoms. The van der Waals surface area contributed by atoms with E-state index in [1.807, 2.05) is 11.8 Å². The topological polar surface area (TPSA) is 49.4 Å². The Hall–Kier alpha value is 0.220. The quantitative estimate of drug-likeness (QED) is 0.789. The van der Waals surface area contributed by atoms with E-state index in [0.717, 1.165) is 37.3 Å². The van der Waals surface area contributed by atoms with Crippen LogP contribution in [-0.2, 0) is 10.0 Å². The summed E-state index contributed by atoms with van der Waals surface area (Å²) in [4.78, 5) is 0. The maximum Gasteiger partial charge on any atom is 0.218 e. The molecule has 6 heteroatoms. The Bertz CT molecular complexity index is 305. The molecule has 4 nitrogen and oxygen atoms in total. The summed E-state index contributed by atoms with van der Waals surface area (Å²) < 4.78 is 26.5. The molecule has 0 aromatic rings. The highest BCUT2D eigenvalue weighted by Crippen LogP contribution is 2.20. The van der Waals surface area contributed by atoms with Gasteiger partial charge in [-0.3, -0.25) is 0 Å². The fourth-order valence-corrected chi connectivity index (χ4v) is 5.21. The molecule has 94 valence electrons. The second-order valence-electron chi connectivity index (χ2n) is 4.38. The minimum atomic E-state index is -3.05. The van der Waals surface area contributed by atoms with Crippen molar-refractivity contribution >= 4 is 21.8 Å². The zero-order valence-corrected chi connectivity index (χ0v) is 11.2. The molecule has 2 fully saturated rings. The van der Waals surface area contributed by atoms with E-state index in [2.05, 4.69) is 5.32 Å². The highest BCUT2D eigenvalue weighted by Gasteiger charge is 2.32. The normalized spacial score (nSPS) is 29.9. The van der Waals surface area contributed by atoms with Crippen molar-refractivity contribution in [2.75, 3.05) is 37.7 Å². The number of thioether (sulfide) groups is 1. The van der Waals surface area contributed by atoms with Crippen LogP contribution in [0.2, 0.25) is 0 Å². The number of hydrogen-bond donors (Lipinski definition) is 1. The van der Waals surface area contributed by atoms with Gasteiger partial charge in [0.25, 0.3) is 0 Å². The molecule has 1 atom stereocenters. The zero-order valence-electron chi connectivity index (χ0n) is 9.52. The third-order valence-corrected chi connectivity index (χ3v) is 6.59. The Morgan fingerprint density at radius 2 is 2.06 bits per heavy atom. The SMILES string of the molecule is O=S(=O)(C1CCCNC1)N1CCCSCC1. The molecule has 2 aliphatic rings. The lowest BCUT2D eigenvalue weighted by molar-refractivity contribution is 0.408. The number of nitrogens with zero attached hydrogens (tertiary/aromatic N) is 1. The predicted octanol–water partition coefficient (Wildman–Crippen LogP) is 0.507. The fraction of sp³-hybridized carbons (Fsp3) is 1.00. The van der Waals surface area contributed by atoms with Crippen molar-refractivity contribution in [1.29, 1.82) is 0 Å².